The molecule has 3 nitrogen and oxygen atoms in total. The monoisotopic (exact) mass is 217 g/mol. The highest BCUT2D eigenvalue weighted by molar-refractivity contribution is 7.63. The summed E-state index contributed by atoms with van der Waals surface area (Å²) >= 11 is 0. The molecule has 1 saturated heterocycles. The molecule has 0 spiro atoms. The van der Waals surface area contributed by atoms with Gasteiger partial charge >= 0.3 is 0 Å². The Balaban J connectivity index is 2.59. The maximum absolute atomic E-state index is 11.9. The maximum Gasteiger partial charge on any atom is 0.227 e. The van der Waals surface area contributed by atoms with Crippen LogP contribution in [0.15, 0.2) is 0 Å². The number of hydrogen-bond donors (Lipinski definition) is 0. The SMILES string of the molecule is CC(C)(C)C(=O)N1CCP(C)(=O)CC1. The smallest absolute Gasteiger partial charge is 0.227 e. The van der Waals surface area contributed by atoms with E-state index in [2.05, 4.69) is 0 Å². The van der Waals surface area contributed by atoms with Gasteiger partial charge in [-0.25, -0.2) is 0 Å². The fourth-order valence-electron chi connectivity index (χ4n) is 1.57. The Morgan fingerprint density at radius 2 is 1.64 bits per heavy atom. The second kappa shape index (κ2) is 3.69. The molecule has 0 atom stereocenters. The maximum atomic E-state index is 11.9. The molecule has 4 heteroatoms. The van der Waals surface area contributed by atoms with Crippen molar-refractivity contribution in [2.24, 2.45) is 5.41 Å². The van der Waals surface area contributed by atoms with Crippen molar-refractivity contribution in [3.63, 3.8) is 0 Å². The summed E-state index contributed by atoms with van der Waals surface area (Å²) in [5.41, 5.74) is -0.310. The van der Waals surface area contributed by atoms with E-state index in [0.29, 0.717) is 25.4 Å². The summed E-state index contributed by atoms with van der Waals surface area (Å²) in [7, 11) is -1.91. The predicted molar refractivity (Wildman–Crippen MR) is 59.3 cm³/mol. The fraction of sp³-hybridized carbons (Fsp3) is 0.900. The third kappa shape index (κ3) is 2.84. The van der Waals surface area contributed by atoms with Gasteiger partial charge in [-0.05, 0) is 6.66 Å². The van der Waals surface area contributed by atoms with Crippen molar-refractivity contribution in [3.05, 3.63) is 0 Å². The van der Waals surface area contributed by atoms with Gasteiger partial charge < -0.3 is 9.46 Å². The van der Waals surface area contributed by atoms with Gasteiger partial charge in [0.15, 0.2) is 0 Å². The third-order valence-corrected chi connectivity index (χ3v) is 4.91. The minimum Gasteiger partial charge on any atom is -0.341 e. The Labute approximate surface area is 86.2 Å². The molecular formula is C10H20NO2P. The van der Waals surface area contributed by atoms with Gasteiger partial charge in [0.2, 0.25) is 5.91 Å². The van der Waals surface area contributed by atoms with Gasteiger partial charge in [0.05, 0.1) is 7.14 Å². The molecule has 1 aliphatic rings. The molecule has 0 aliphatic carbocycles. The fourth-order valence-corrected chi connectivity index (χ4v) is 3.12. The number of amides is 1. The van der Waals surface area contributed by atoms with E-state index in [1.165, 1.54) is 0 Å². The highest BCUT2D eigenvalue weighted by Gasteiger charge is 2.32. The molecule has 1 heterocycles. The van der Waals surface area contributed by atoms with Crippen LogP contribution < -0.4 is 0 Å². The summed E-state index contributed by atoms with van der Waals surface area (Å²) < 4.78 is 11.7. The number of rotatable bonds is 0. The zero-order valence-corrected chi connectivity index (χ0v) is 10.4. The molecule has 1 fully saturated rings. The minimum absolute atomic E-state index is 0.178. The lowest BCUT2D eigenvalue weighted by atomic mass is 9.95. The first kappa shape index (κ1) is 11.8. The first-order valence-corrected chi connectivity index (χ1v) is 7.60. The van der Waals surface area contributed by atoms with E-state index in [0.717, 1.165) is 0 Å². The zero-order valence-electron chi connectivity index (χ0n) is 9.54. The summed E-state index contributed by atoms with van der Waals surface area (Å²) in [5, 5.41) is 0. The number of carbonyl (C=O) groups is 1. The van der Waals surface area contributed by atoms with Crippen molar-refractivity contribution in [2.75, 3.05) is 32.1 Å². The Hall–Kier alpha value is -0.300. The van der Waals surface area contributed by atoms with Crippen molar-refractivity contribution < 1.29 is 9.36 Å². The Morgan fingerprint density at radius 3 is 2.00 bits per heavy atom. The van der Waals surface area contributed by atoms with Gasteiger partial charge in [-0.3, -0.25) is 4.79 Å². The van der Waals surface area contributed by atoms with E-state index < -0.39 is 7.14 Å². The molecule has 0 unspecified atom stereocenters. The second-order valence-corrected chi connectivity index (χ2v) is 8.77. The van der Waals surface area contributed by atoms with Gasteiger partial charge in [-0.15, -0.1) is 0 Å². The zero-order chi connectivity index (χ0) is 11.0. The first-order chi connectivity index (χ1) is 6.22. The lowest BCUT2D eigenvalue weighted by molar-refractivity contribution is -0.139. The van der Waals surface area contributed by atoms with Crippen LogP contribution in [0.25, 0.3) is 0 Å². The van der Waals surface area contributed by atoms with Crippen LogP contribution in [-0.4, -0.2) is 42.9 Å². The Bertz CT molecular complexity index is 268. The molecular weight excluding hydrogens is 197 g/mol. The summed E-state index contributed by atoms with van der Waals surface area (Å²) in [6, 6.07) is 0. The number of nitrogens with zero attached hydrogens (tertiary/aromatic N) is 1. The summed E-state index contributed by atoms with van der Waals surface area (Å²) in [6.45, 7) is 8.96. The molecule has 0 aromatic heterocycles. The first-order valence-electron chi connectivity index (χ1n) is 5.07. The standard InChI is InChI=1S/C10H20NO2P/c1-10(2,3)9(12)11-5-7-14(4,13)8-6-11/h5-8H2,1-4H3. The largest absolute Gasteiger partial charge is 0.341 e. The molecule has 0 radical (unpaired) electrons. The van der Waals surface area contributed by atoms with Crippen molar-refractivity contribution in [3.8, 4) is 0 Å². The van der Waals surface area contributed by atoms with Crippen LogP contribution >= 0.6 is 7.14 Å². The molecule has 0 saturated carbocycles. The van der Waals surface area contributed by atoms with Crippen molar-refractivity contribution in [1.29, 1.82) is 0 Å². The molecule has 0 bridgehead atoms. The summed E-state index contributed by atoms with van der Waals surface area (Å²) in [5.74, 6) is 0.178. The van der Waals surface area contributed by atoms with E-state index in [9.17, 15) is 9.36 Å². The number of carbonyl (C=O) groups excluding carboxylic acids is 1. The summed E-state index contributed by atoms with van der Waals surface area (Å²) in [6.07, 6.45) is 1.38. The molecule has 0 N–H and O–H groups in total. The van der Waals surface area contributed by atoms with Gasteiger partial charge in [0.1, 0.15) is 0 Å². The molecule has 0 aromatic rings. The van der Waals surface area contributed by atoms with Crippen LogP contribution in [0.1, 0.15) is 20.8 Å². The molecule has 14 heavy (non-hydrogen) atoms. The van der Waals surface area contributed by atoms with Crippen molar-refractivity contribution in [1.82, 2.24) is 4.90 Å². The van der Waals surface area contributed by atoms with E-state index in [4.69, 9.17) is 0 Å². The average molecular weight is 217 g/mol. The van der Waals surface area contributed by atoms with E-state index >= 15 is 0 Å². The second-order valence-electron chi connectivity index (χ2n) is 5.29. The van der Waals surface area contributed by atoms with Crippen LogP contribution in [-0.2, 0) is 9.36 Å². The third-order valence-electron chi connectivity index (χ3n) is 2.61. The molecule has 1 amide bonds. The normalized spacial score (nSPS) is 22.1. The van der Waals surface area contributed by atoms with E-state index in [1.54, 1.807) is 0 Å². The van der Waals surface area contributed by atoms with E-state index in [-0.39, 0.29) is 11.3 Å². The van der Waals surface area contributed by atoms with Crippen LogP contribution in [0.3, 0.4) is 0 Å². The predicted octanol–water partition coefficient (Wildman–Crippen LogP) is 1.87. The molecule has 82 valence electrons. The minimum atomic E-state index is -1.91. The van der Waals surface area contributed by atoms with Crippen molar-refractivity contribution >= 4 is 13.0 Å². The van der Waals surface area contributed by atoms with Crippen LogP contribution in [0, 0.1) is 5.41 Å². The number of hydrogen-bond acceptors (Lipinski definition) is 2. The average Bonchev–Trinajstić information content (AvgIpc) is 2.01. The van der Waals surface area contributed by atoms with Gasteiger partial charge in [-0.2, -0.15) is 0 Å². The van der Waals surface area contributed by atoms with Gasteiger partial charge in [0, 0.05) is 30.8 Å². The quantitative estimate of drug-likeness (QED) is 0.581. The van der Waals surface area contributed by atoms with Crippen LogP contribution in [0.2, 0.25) is 0 Å². The lowest BCUT2D eigenvalue weighted by Crippen LogP contribution is -2.44. The molecule has 1 rings (SSSR count). The van der Waals surface area contributed by atoms with Crippen LogP contribution in [0.4, 0.5) is 0 Å². The highest BCUT2D eigenvalue weighted by atomic mass is 31.2. The highest BCUT2D eigenvalue weighted by Crippen LogP contribution is 2.43. The Kier molecular flexibility index (Phi) is 3.10. The topological polar surface area (TPSA) is 37.4 Å². The van der Waals surface area contributed by atoms with E-state index in [1.807, 2.05) is 32.3 Å². The summed E-state index contributed by atoms with van der Waals surface area (Å²) in [4.78, 5) is 13.7. The molecule has 0 aromatic carbocycles. The van der Waals surface area contributed by atoms with Gasteiger partial charge in [-0.1, -0.05) is 20.8 Å². The lowest BCUT2D eigenvalue weighted by Gasteiger charge is -2.34. The van der Waals surface area contributed by atoms with Crippen molar-refractivity contribution in [2.45, 2.75) is 20.8 Å². The molecule has 1 aliphatic heterocycles. The Morgan fingerprint density at radius 1 is 1.21 bits per heavy atom. The van der Waals surface area contributed by atoms with Gasteiger partial charge in [0.25, 0.3) is 0 Å². The van der Waals surface area contributed by atoms with Crippen LogP contribution in [0.5, 0.6) is 0 Å².